The summed E-state index contributed by atoms with van der Waals surface area (Å²) in [4.78, 5) is 28.6. The molecule has 3 rings (SSSR count). The van der Waals surface area contributed by atoms with Crippen LogP contribution in [0.15, 0.2) is 24.3 Å². The zero-order valence-corrected chi connectivity index (χ0v) is 17.7. The van der Waals surface area contributed by atoms with Crippen LogP contribution in [0.3, 0.4) is 0 Å². The van der Waals surface area contributed by atoms with Crippen LogP contribution in [0.5, 0.6) is 0 Å². The summed E-state index contributed by atoms with van der Waals surface area (Å²) < 4.78 is 13.9. The van der Waals surface area contributed by atoms with Crippen LogP contribution in [0.1, 0.15) is 52.4 Å². The minimum atomic E-state index is -0.222. The van der Waals surface area contributed by atoms with E-state index in [9.17, 15) is 14.0 Å². The highest BCUT2D eigenvalue weighted by Crippen LogP contribution is 2.29. The van der Waals surface area contributed by atoms with Gasteiger partial charge in [-0.15, -0.1) is 0 Å². The maximum Gasteiger partial charge on any atom is 0.222 e. The number of nitrogens with one attached hydrogen (secondary N) is 1. The molecule has 29 heavy (non-hydrogen) atoms. The van der Waals surface area contributed by atoms with Gasteiger partial charge in [0.05, 0.1) is 5.69 Å². The highest BCUT2D eigenvalue weighted by Gasteiger charge is 2.28. The maximum absolute atomic E-state index is 13.9. The number of rotatable bonds is 6. The number of nitrogens with zero attached hydrogens (tertiary/aromatic N) is 2. The molecule has 0 aromatic heterocycles. The summed E-state index contributed by atoms with van der Waals surface area (Å²) in [5, 5.41) is 3.18. The summed E-state index contributed by atoms with van der Waals surface area (Å²) in [5.74, 6) is 1.09. The van der Waals surface area contributed by atoms with Gasteiger partial charge >= 0.3 is 0 Å². The molecule has 3 atom stereocenters. The normalized spacial score (nSPS) is 25.0. The Labute approximate surface area is 173 Å². The van der Waals surface area contributed by atoms with Gasteiger partial charge in [0.15, 0.2) is 0 Å². The second-order valence-electron chi connectivity index (χ2n) is 8.61. The fourth-order valence-corrected chi connectivity index (χ4v) is 4.53. The van der Waals surface area contributed by atoms with E-state index in [4.69, 9.17) is 0 Å². The van der Waals surface area contributed by atoms with Crippen molar-refractivity contribution in [3.63, 3.8) is 0 Å². The highest BCUT2D eigenvalue weighted by molar-refractivity contribution is 5.79. The second kappa shape index (κ2) is 10.1. The van der Waals surface area contributed by atoms with Gasteiger partial charge in [0.25, 0.3) is 0 Å². The monoisotopic (exact) mass is 403 g/mol. The Balaban J connectivity index is 1.36. The van der Waals surface area contributed by atoms with Crippen molar-refractivity contribution >= 4 is 17.5 Å². The van der Waals surface area contributed by atoms with Gasteiger partial charge in [-0.1, -0.05) is 38.8 Å². The molecule has 1 saturated carbocycles. The number of hydrogen-bond donors (Lipinski definition) is 1. The first-order chi connectivity index (χ1) is 14.0. The second-order valence-corrected chi connectivity index (χ2v) is 8.61. The Morgan fingerprint density at radius 1 is 1.07 bits per heavy atom. The summed E-state index contributed by atoms with van der Waals surface area (Å²) in [6.45, 7) is 6.93. The summed E-state index contributed by atoms with van der Waals surface area (Å²) in [6, 6.07) is 7.03. The predicted molar refractivity (Wildman–Crippen MR) is 113 cm³/mol. The van der Waals surface area contributed by atoms with Crippen LogP contribution in [0, 0.1) is 17.7 Å². The van der Waals surface area contributed by atoms with E-state index < -0.39 is 0 Å². The summed E-state index contributed by atoms with van der Waals surface area (Å²) in [6.07, 6.45) is 4.85. The number of carbonyl (C=O) groups excluding carboxylic acids is 2. The average Bonchev–Trinajstić information content (AvgIpc) is 2.72. The zero-order chi connectivity index (χ0) is 20.8. The highest BCUT2D eigenvalue weighted by atomic mass is 19.1. The van der Waals surface area contributed by atoms with Crippen molar-refractivity contribution in [2.75, 3.05) is 31.1 Å². The Hall–Kier alpha value is -2.11. The van der Waals surface area contributed by atoms with Crippen LogP contribution < -0.4 is 10.2 Å². The van der Waals surface area contributed by atoms with Crippen LogP contribution in [-0.2, 0) is 9.59 Å². The molecule has 1 aromatic carbocycles. The van der Waals surface area contributed by atoms with Gasteiger partial charge in [0.2, 0.25) is 11.8 Å². The molecule has 1 saturated heterocycles. The number of amides is 2. The summed E-state index contributed by atoms with van der Waals surface area (Å²) >= 11 is 0. The number of benzene rings is 1. The van der Waals surface area contributed by atoms with Gasteiger partial charge < -0.3 is 15.1 Å². The maximum atomic E-state index is 13.9. The molecule has 0 unspecified atom stereocenters. The SMILES string of the molecule is C[C@@H]1[C@H](C)CCC[C@H]1NC(=O)CCCC(=O)N1CCN(c2ccccc2F)CC1. The zero-order valence-electron chi connectivity index (χ0n) is 17.7. The van der Waals surface area contributed by atoms with Gasteiger partial charge in [-0.2, -0.15) is 0 Å². The van der Waals surface area contributed by atoms with Crippen molar-refractivity contribution in [3.05, 3.63) is 30.1 Å². The summed E-state index contributed by atoms with van der Waals surface area (Å²) in [7, 11) is 0. The van der Waals surface area contributed by atoms with Crippen molar-refractivity contribution in [2.45, 2.75) is 58.4 Å². The largest absolute Gasteiger partial charge is 0.366 e. The number of hydrogen-bond acceptors (Lipinski definition) is 3. The van der Waals surface area contributed by atoms with E-state index in [2.05, 4.69) is 19.2 Å². The minimum Gasteiger partial charge on any atom is -0.366 e. The Morgan fingerprint density at radius 2 is 1.79 bits per heavy atom. The number of halogens is 1. The van der Waals surface area contributed by atoms with Crippen molar-refractivity contribution in [1.29, 1.82) is 0 Å². The lowest BCUT2D eigenvalue weighted by Gasteiger charge is -2.36. The lowest BCUT2D eigenvalue weighted by molar-refractivity contribution is -0.131. The van der Waals surface area contributed by atoms with Gasteiger partial charge in [-0.25, -0.2) is 4.39 Å². The van der Waals surface area contributed by atoms with Gasteiger partial charge in [-0.05, 0) is 36.8 Å². The third-order valence-electron chi connectivity index (χ3n) is 6.67. The third kappa shape index (κ3) is 5.71. The Morgan fingerprint density at radius 3 is 2.52 bits per heavy atom. The third-order valence-corrected chi connectivity index (χ3v) is 6.67. The van der Waals surface area contributed by atoms with Crippen LogP contribution in [-0.4, -0.2) is 48.9 Å². The van der Waals surface area contributed by atoms with E-state index in [0.29, 0.717) is 63.0 Å². The van der Waals surface area contributed by atoms with E-state index in [-0.39, 0.29) is 23.7 Å². The Bertz CT molecular complexity index is 703. The predicted octanol–water partition coefficient (Wildman–Crippen LogP) is 3.59. The van der Waals surface area contributed by atoms with Gasteiger partial charge in [0.1, 0.15) is 5.82 Å². The fourth-order valence-electron chi connectivity index (χ4n) is 4.53. The standard InChI is InChI=1S/C23H34FN3O2/c1-17-7-5-9-20(18(17)2)25-22(28)11-6-12-23(29)27-15-13-26(14-16-27)21-10-4-3-8-19(21)24/h3-4,8,10,17-18,20H,5-7,9,11-16H2,1-2H3,(H,25,28)/t17-,18-,20-/m1/s1. The molecule has 2 amide bonds. The van der Waals surface area contributed by atoms with E-state index in [0.717, 1.165) is 6.42 Å². The quantitative estimate of drug-likeness (QED) is 0.790. The molecular weight excluding hydrogens is 369 g/mol. The number of para-hydroxylation sites is 1. The minimum absolute atomic E-state index is 0.0631. The molecule has 1 aromatic rings. The van der Waals surface area contributed by atoms with Crippen LogP contribution in [0.4, 0.5) is 10.1 Å². The van der Waals surface area contributed by atoms with Crippen LogP contribution in [0.25, 0.3) is 0 Å². The van der Waals surface area contributed by atoms with E-state index in [1.165, 1.54) is 18.9 Å². The lowest BCUT2D eigenvalue weighted by atomic mass is 9.78. The van der Waals surface area contributed by atoms with Gasteiger partial charge in [0, 0.05) is 45.1 Å². The average molecular weight is 404 g/mol. The molecule has 6 heteroatoms. The molecule has 1 N–H and O–H groups in total. The fraction of sp³-hybridized carbons (Fsp3) is 0.652. The first-order valence-corrected chi connectivity index (χ1v) is 11.0. The first-order valence-electron chi connectivity index (χ1n) is 11.0. The molecule has 0 spiro atoms. The molecule has 1 heterocycles. The van der Waals surface area contributed by atoms with E-state index >= 15 is 0 Å². The van der Waals surface area contributed by atoms with Crippen molar-refractivity contribution < 1.29 is 14.0 Å². The summed E-state index contributed by atoms with van der Waals surface area (Å²) in [5.41, 5.74) is 0.600. The molecule has 1 aliphatic heterocycles. The van der Waals surface area contributed by atoms with Crippen molar-refractivity contribution in [3.8, 4) is 0 Å². The molecule has 2 aliphatic rings. The molecule has 2 fully saturated rings. The number of piperazine rings is 1. The van der Waals surface area contributed by atoms with Crippen molar-refractivity contribution in [2.24, 2.45) is 11.8 Å². The molecule has 5 nitrogen and oxygen atoms in total. The molecule has 1 aliphatic carbocycles. The van der Waals surface area contributed by atoms with Gasteiger partial charge in [-0.3, -0.25) is 9.59 Å². The topological polar surface area (TPSA) is 52.7 Å². The first kappa shape index (κ1) is 21.6. The van der Waals surface area contributed by atoms with Crippen LogP contribution in [0.2, 0.25) is 0 Å². The smallest absolute Gasteiger partial charge is 0.222 e. The number of carbonyl (C=O) groups is 2. The lowest BCUT2D eigenvalue weighted by Crippen LogP contribution is -2.49. The molecule has 0 bridgehead atoms. The van der Waals surface area contributed by atoms with E-state index in [1.807, 2.05) is 15.9 Å². The van der Waals surface area contributed by atoms with E-state index in [1.54, 1.807) is 12.1 Å². The molecule has 0 radical (unpaired) electrons. The van der Waals surface area contributed by atoms with Crippen LogP contribution >= 0.6 is 0 Å². The van der Waals surface area contributed by atoms with Crippen molar-refractivity contribution in [1.82, 2.24) is 10.2 Å². The molecule has 160 valence electrons. The Kier molecular flexibility index (Phi) is 7.51. The molecular formula is C23H34FN3O2. The number of anilines is 1.